The monoisotopic (exact) mass is 581 g/mol. The first kappa shape index (κ1) is 26.0. The zero-order chi connectivity index (χ0) is 26.8. The topological polar surface area (TPSA) is 80.3 Å². The number of hydrogen-bond acceptors (Lipinski definition) is 5. The molecule has 1 amide bonds. The molecule has 0 unspecified atom stereocenters. The van der Waals surface area contributed by atoms with Crippen LogP contribution in [-0.4, -0.2) is 16.0 Å². The maximum absolute atomic E-state index is 12.4. The Kier molecular flexibility index (Phi) is 7.53. The molecule has 0 atom stereocenters. The molecule has 0 saturated carbocycles. The molecule has 5 rings (SSSR count). The maximum Gasteiger partial charge on any atom is 0.250 e. The van der Waals surface area contributed by atoms with Crippen LogP contribution in [0, 0.1) is 6.92 Å². The van der Waals surface area contributed by atoms with Crippen molar-refractivity contribution in [2.24, 2.45) is 0 Å². The lowest BCUT2D eigenvalue weighted by molar-refractivity contribution is -0.115. The van der Waals surface area contributed by atoms with Crippen molar-refractivity contribution in [1.29, 1.82) is 0 Å². The van der Waals surface area contributed by atoms with Gasteiger partial charge in [-0.05, 0) is 91.4 Å². The molecule has 2 N–H and O–H groups in total. The van der Waals surface area contributed by atoms with Crippen molar-refractivity contribution in [3.8, 4) is 22.8 Å². The van der Waals surface area contributed by atoms with Crippen LogP contribution in [0.1, 0.15) is 11.3 Å². The molecule has 5 aromatic rings. The van der Waals surface area contributed by atoms with Gasteiger partial charge in [-0.25, -0.2) is 4.98 Å². The number of anilines is 1. The number of rotatable bonds is 5. The normalized spacial score (nSPS) is 11.3. The van der Waals surface area contributed by atoms with Crippen LogP contribution in [0.2, 0.25) is 15.1 Å². The first-order valence-electron chi connectivity index (χ1n) is 11.3. The summed E-state index contributed by atoms with van der Waals surface area (Å²) in [6.07, 6.45) is 2.86. The number of fused-ring (bicyclic) bond motifs is 1. The van der Waals surface area contributed by atoms with Crippen molar-refractivity contribution in [2.45, 2.75) is 6.92 Å². The molecule has 38 heavy (non-hydrogen) atoms. The summed E-state index contributed by atoms with van der Waals surface area (Å²) < 4.78 is 11.7. The smallest absolute Gasteiger partial charge is 0.250 e. The Morgan fingerprint density at radius 3 is 2.55 bits per heavy atom. The van der Waals surface area contributed by atoms with E-state index in [1.54, 1.807) is 48.5 Å². The third kappa shape index (κ3) is 5.76. The summed E-state index contributed by atoms with van der Waals surface area (Å²) in [7, 11) is 0. The minimum atomic E-state index is -0.422. The molecule has 190 valence electrons. The Balaban J connectivity index is 1.24. The summed E-state index contributed by atoms with van der Waals surface area (Å²) >= 11 is 23.6. The number of furan rings is 1. The summed E-state index contributed by atoms with van der Waals surface area (Å²) in [5.41, 5.74) is 4.33. The van der Waals surface area contributed by atoms with Gasteiger partial charge in [0.2, 0.25) is 11.8 Å². The minimum Gasteiger partial charge on any atom is -0.457 e. The van der Waals surface area contributed by atoms with E-state index in [4.69, 9.17) is 55.9 Å². The molecule has 0 aliphatic heterocycles. The highest BCUT2D eigenvalue weighted by molar-refractivity contribution is 7.80. The Morgan fingerprint density at radius 1 is 0.947 bits per heavy atom. The van der Waals surface area contributed by atoms with Crippen LogP contribution < -0.4 is 10.6 Å². The number of hydrogen-bond donors (Lipinski definition) is 2. The minimum absolute atomic E-state index is 0.136. The number of oxazole rings is 1. The number of aromatic nitrogens is 1. The number of halogens is 3. The first-order chi connectivity index (χ1) is 18.3. The predicted octanol–water partition coefficient (Wildman–Crippen LogP) is 8.55. The molecule has 3 aromatic carbocycles. The van der Waals surface area contributed by atoms with Crippen LogP contribution >= 0.6 is 47.0 Å². The number of thiocarbonyl (C=S) groups is 1. The second-order valence-electron chi connectivity index (χ2n) is 8.21. The van der Waals surface area contributed by atoms with Crippen LogP contribution in [0.3, 0.4) is 0 Å². The average Bonchev–Trinajstić information content (AvgIpc) is 3.51. The molecule has 0 aliphatic carbocycles. The van der Waals surface area contributed by atoms with Gasteiger partial charge in [0.05, 0.1) is 5.02 Å². The van der Waals surface area contributed by atoms with Gasteiger partial charge in [-0.15, -0.1) is 0 Å². The summed E-state index contributed by atoms with van der Waals surface area (Å²) in [4.78, 5) is 17.0. The molecular formula is C28H18Cl3N3O3S. The second kappa shape index (κ2) is 11.0. The van der Waals surface area contributed by atoms with Crippen LogP contribution in [0.5, 0.6) is 0 Å². The third-order valence-electron chi connectivity index (χ3n) is 5.62. The van der Waals surface area contributed by atoms with E-state index in [1.807, 2.05) is 25.1 Å². The van der Waals surface area contributed by atoms with Gasteiger partial charge < -0.3 is 14.2 Å². The van der Waals surface area contributed by atoms with E-state index in [1.165, 1.54) is 12.2 Å². The van der Waals surface area contributed by atoms with Gasteiger partial charge in [-0.2, -0.15) is 0 Å². The number of carbonyl (C=O) groups excluding carboxylic acids is 1. The quantitative estimate of drug-likeness (QED) is 0.160. The Hall–Kier alpha value is -3.62. The van der Waals surface area contributed by atoms with Gasteiger partial charge in [0.15, 0.2) is 10.7 Å². The predicted molar refractivity (Wildman–Crippen MR) is 157 cm³/mol. The van der Waals surface area contributed by atoms with Crippen molar-refractivity contribution >= 4 is 80.9 Å². The third-order valence-corrected chi connectivity index (χ3v) is 6.61. The van der Waals surface area contributed by atoms with Gasteiger partial charge in [-0.3, -0.25) is 10.1 Å². The maximum atomic E-state index is 12.4. The van der Waals surface area contributed by atoms with E-state index in [2.05, 4.69) is 15.6 Å². The highest BCUT2D eigenvalue weighted by Gasteiger charge is 2.14. The molecule has 6 nitrogen and oxygen atoms in total. The summed E-state index contributed by atoms with van der Waals surface area (Å²) in [5.74, 6) is 1.07. The van der Waals surface area contributed by atoms with Gasteiger partial charge in [0.25, 0.3) is 0 Å². The Morgan fingerprint density at radius 2 is 1.74 bits per heavy atom. The molecule has 0 saturated heterocycles. The van der Waals surface area contributed by atoms with E-state index in [0.717, 1.165) is 11.1 Å². The Labute approximate surface area is 238 Å². The summed E-state index contributed by atoms with van der Waals surface area (Å²) in [6.45, 7) is 1.91. The highest BCUT2D eigenvalue weighted by Crippen LogP contribution is 2.33. The highest BCUT2D eigenvalue weighted by atomic mass is 35.5. The molecular weight excluding hydrogens is 565 g/mol. The van der Waals surface area contributed by atoms with E-state index in [9.17, 15) is 4.79 Å². The average molecular weight is 583 g/mol. The first-order valence-corrected chi connectivity index (χ1v) is 12.8. The number of benzene rings is 3. The molecule has 2 aromatic heterocycles. The van der Waals surface area contributed by atoms with Crippen molar-refractivity contribution < 1.29 is 13.6 Å². The van der Waals surface area contributed by atoms with Crippen LogP contribution in [-0.2, 0) is 4.79 Å². The number of amides is 1. The zero-order valence-electron chi connectivity index (χ0n) is 19.7. The van der Waals surface area contributed by atoms with Crippen LogP contribution in [0.15, 0.2) is 81.6 Å². The lowest BCUT2D eigenvalue weighted by Crippen LogP contribution is -2.33. The molecule has 0 radical (unpaired) electrons. The largest absolute Gasteiger partial charge is 0.457 e. The summed E-state index contributed by atoms with van der Waals surface area (Å²) in [5, 5.41) is 7.40. The molecule has 0 fully saturated rings. The molecule has 2 heterocycles. The second-order valence-corrected chi connectivity index (χ2v) is 9.90. The van der Waals surface area contributed by atoms with Crippen molar-refractivity contribution in [3.05, 3.63) is 99.2 Å². The van der Waals surface area contributed by atoms with Crippen molar-refractivity contribution in [2.75, 3.05) is 5.32 Å². The molecule has 0 bridgehead atoms. The zero-order valence-corrected chi connectivity index (χ0v) is 22.8. The van der Waals surface area contributed by atoms with Gasteiger partial charge >= 0.3 is 0 Å². The number of nitrogens with one attached hydrogen (secondary N) is 2. The Bertz CT molecular complexity index is 1730. The SMILES string of the molecule is Cc1c(NC(=S)NC(=O)/C=C/c2ccc(-c3ccc(Cl)cc3Cl)o2)cccc1-c1nc2cc(Cl)ccc2o1. The lowest BCUT2D eigenvalue weighted by atomic mass is 10.1. The van der Waals surface area contributed by atoms with E-state index >= 15 is 0 Å². The van der Waals surface area contributed by atoms with Gasteiger partial charge in [-0.1, -0.05) is 40.9 Å². The van der Waals surface area contributed by atoms with E-state index in [-0.39, 0.29) is 5.11 Å². The molecule has 0 spiro atoms. The van der Waals surface area contributed by atoms with Crippen molar-refractivity contribution in [3.63, 3.8) is 0 Å². The van der Waals surface area contributed by atoms with Crippen LogP contribution in [0.4, 0.5) is 5.69 Å². The number of nitrogens with zero attached hydrogens (tertiary/aromatic N) is 1. The van der Waals surface area contributed by atoms with E-state index in [0.29, 0.717) is 54.8 Å². The standard InChI is InChI=1S/C28H18Cl3N3O3S/c1-15-19(27-32-23-14-17(30)6-10-25(23)37-27)3-2-4-22(15)33-28(38)34-26(35)12-8-18-7-11-24(36-18)20-9-5-16(29)13-21(20)31/h2-14H,1H3,(H2,33,34,35,38)/b12-8+. The fourth-order valence-electron chi connectivity index (χ4n) is 3.76. The number of carbonyl (C=O) groups is 1. The molecule has 10 heteroatoms. The molecule has 0 aliphatic rings. The van der Waals surface area contributed by atoms with Crippen molar-refractivity contribution in [1.82, 2.24) is 10.3 Å². The fraction of sp³-hybridized carbons (Fsp3) is 0.0357. The summed E-state index contributed by atoms with van der Waals surface area (Å²) in [6, 6.07) is 19.5. The van der Waals surface area contributed by atoms with Gasteiger partial charge in [0, 0.05) is 32.9 Å². The fourth-order valence-corrected chi connectivity index (χ4v) is 4.64. The van der Waals surface area contributed by atoms with E-state index < -0.39 is 5.91 Å². The van der Waals surface area contributed by atoms with Crippen LogP contribution in [0.25, 0.3) is 40.0 Å². The van der Waals surface area contributed by atoms with Gasteiger partial charge in [0.1, 0.15) is 17.0 Å². The lowest BCUT2D eigenvalue weighted by Gasteiger charge is -2.12.